The Bertz CT molecular complexity index is 1320. The van der Waals surface area contributed by atoms with Crippen molar-refractivity contribution in [3.63, 3.8) is 0 Å². The lowest BCUT2D eigenvalue weighted by Crippen LogP contribution is -2.63. The first-order valence-electron chi connectivity index (χ1n) is 11.7. The van der Waals surface area contributed by atoms with Gasteiger partial charge in [-0.2, -0.15) is 13.2 Å². The van der Waals surface area contributed by atoms with Gasteiger partial charge in [0.25, 0.3) is 0 Å². The molecule has 2 saturated heterocycles. The number of methoxy groups -OCH3 is 1. The quantitative estimate of drug-likeness (QED) is 0.501. The van der Waals surface area contributed by atoms with Gasteiger partial charge in [-0.25, -0.2) is 20.8 Å². The van der Waals surface area contributed by atoms with Crippen LogP contribution in [-0.4, -0.2) is 38.5 Å². The summed E-state index contributed by atoms with van der Waals surface area (Å²) < 4.78 is 46.8. The van der Waals surface area contributed by atoms with Gasteiger partial charge in [-0.05, 0) is 62.4 Å². The number of aryl methyl sites for hydroxylation is 1. The summed E-state index contributed by atoms with van der Waals surface area (Å²) in [6, 6.07) is 9.12. The molecule has 1 saturated carbocycles. The van der Waals surface area contributed by atoms with Crippen molar-refractivity contribution >= 4 is 11.5 Å². The van der Waals surface area contributed by atoms with E-state index < -0.39 is 17.2 Å². The van der Waals surface area contributed by atoms with Crippen LogP contribution >= 0.6 is 0 Å². The number of benzene rings is 1. The Morgan fingerprint density at radius 2 is 1.86 bits per heavy atom. The average molecular weight is 497 g/mol. The molecule has 0 unspecified atom stereocenters. The van der Waals surface area contributed by atoms with E-state index in [2.05, 4.69) is 16.5 Å². The smallest absolute Gasteiger partial charge is 0.416 e. The normalized spacial score (nSPS) is 22.8. The molecule has 1 aromatic carbocycles. The Morgan fingerprint density at radius 3 is 2.44 bits per heavy atom. The molecule has 3 aromatic rings. The Balaban J connectivity index is 1.52. The van der Waals surface area contributed by atoms with Gasteiger partial charge >= 0.3 is 6.18 Å². The van der Waals surface area contributed by atoms with E-state index in [0.717, 1.165) is 54.8 Å². The van der Waals surface area contributed by atoms with Gasteiger partial charge in [-0.1, -0.05) is 18.7 Å². The third kappa shape index (κ3) is 4.05. The highest BCUT2D eigenvalue weighted by atomic mass is 19.4. The van der Waals surface area contributed by atoms with Crippen LogP contribution in [-0.2, 0) is 11.6 Å². The van der Waals surface area contributed by atoms with Gasteiger partial charge in [-0.15, -0.1) is 0 Å². The second kappa shape index (κ2) is 8.77. The highest BCUT2D eigenvalue weighted by molar-refractivity contribution is 5.97. The van der Waals surface area contributed by atoms with E-state index in [0.29, 0.717) is 23.1 Å². The van der Waals surface area contributed by atoms with Crippen LogP contribution in [0.15, 0.2) is 60.5 Å². The molecule has 1 aliphatic carbocycles. The van der Waals surface area contributed by atoms with E-state index >= 15 is 0 Å². The number of pyridine rings is 1. The van der Waals surface area contributed by atoms with Crippen molar-refractivity contribution in [2.45, 2.75) is 50.2 Å². The molecule has 4 heterocycles. The number of hydrogen-bond donors (Lipinski definition) is 1. The van der Waals surface area contributed by atoms with Crippen LogP contribution in [0.25, 0.3) is 11.4 Å². The van der Waals surface area contributed by atoms with E-state index in [9.17, 15) is 13.2 Å². The number of aliphatic imine (C=N–C) groups is 1. The van der Waals surface area contributed by atoms with Gasteiger partial charge in [0.05, 0.1) is 41.5 Å². The van der Waals surface area contributed by atoms with E-state index in [1.165, 1.54) is 7.11 Å². The number of rotatable bonds is 5. The van der Waals surface area contributed by atoms with Gasteiger partial charge in [0.2, 0.25) is 5.88 Å². The largest absolute Gasteiger partial charge is 0.479 e. The second-order valence-electron chi connectivity index (χ2n) is 9.32. The fourth-order valence-corrected chi connectivity index (χ4v) is 5.26. The summed E-state index contributed by atoms with van der Waals surface area (Å²) in [5, 5.41) is 1.66. The molecule has 3 aliphatic rings. The summed E-state index contributed by atoms with van der Waals surface area (Å²) in [6.07, 6.45) is 2.34. The van der Waals surface area contributed by atoms with Gasteiger partial charge < -0.3 is 9.30 Å². The summed E-state index contributed by atoms with van der Waals surface area (Å²) >= 11 is 0. The van der Waals surface area contributed by atoms with Crippen LogP contribution in [0.1, 0.15) is 48.2 Å². The van der Waals surface area contributed by atoms with Crippen LogP contribution in [0.3, 0.4) is 0 Å². The minimum absolute atomic E-state index is 0.127. The van der Waals surface area contributed by atoms with Crippen molar-refractivity contribution in [3.8, 4) is 11.6 Å². The fourth-order valence-electron chi connectivity index (χ4n) is 5.26. The number of amidine groups is 1. The first kappa shape index (κ1) is 24.1. The standard InChI is InChI=1S/C26H27F3N6O/c1-16-14-34(15-31-16)22-9-8-21(33-23(22)36-3)17(2)32-24-25(12-10-20(11-13-25)35(24)30)18-4-6-19(7-5-18)26(27,28)29/h4-9,14-15,20H,2,10-13,30H2,1,3H3. The first-order valence-corrected chi connectivity index (χ1v) is 11.7. The zero-order valence-electron chi connectivity index (χ0n) is 20.1. The summed E-state index contributed by atoms with van der Waals surface area (Å²) in [6.45, 7) is 6.03. The third-order valence-electron chi connectivity index (χ3n) is 7.20. The average Bonchev–Trinajstić information content (AvgIpc) is 3.31. The highest BCUT2D eigenvalue weighted by Gasteiger charge is 2.50. The molecule has 36 heavy (non-hydrogen) atoms. The number of nitrogens with two attached hydrogens (primary N) is 1. The van der Waals surface area contributed by atoms with Crippen molar-refractivity contribution < 1.29 is 17.9 Å². The third-order valence-corrected chi connectivity index (χ3v) is 7.20. The Labute approximate surface area is 207 Å². The second-order valence-corrected chi connectivity index (χ2v) is 9.32. The fraction of sp³-hybridized carbons (Fsp3) is 0.346. The molecule has 10 heteroatoms. The molecule has 0 radical (unpaired) electrons. The van der Waals surface area contributed by atoms with Crippen molar-refractivity contribution in [3.05, 3.63) is 78.0 Å². The molecule has 7 nitrogen and oxygen atoms in total. The van der Waals surface area contributed by atoms with Crippen molar-refractivity contribution in [2.75, 3.05) is 7.11 Å². The van der Waals surface area contributed by atoms with E-state index in [-0.39, 0.29) is 6.04 Å². The molecule has 2 bridgehead atoms. The first-order chi connectivity index (χ1) is 17.1. The lowest BCUT2D eigenvalue weighted by molar-refractivity contribution is -0.137. The zero-order chi connectivity index (χ0) is 25.7. The van der Waals surface area contributed by atoms with Crippen LogP contribution in [0, 0.1) is 6.92 Å². The van der Waals surface area contributed by atoms with Gasteiger partial charge in [0.15, 0.2) is 0 Å². The molecule has 6 rings (SSSR count). The van der Waals surface area contributed by atoms with Crippen molar-refractivity contribution in [1.82, 2.24) is 19.5 Å². The Morgan fingerprint density at radius 1 is 1.17 bits per heavy atom. The van der Waals surface area contributed by atoms with E-state index in [1.54, 1.807) is 29.5 Å². The molecular weight excluding hydrogens is 469 g/mol. The summed E-state index contributed by atoms with van der Waals surface area (Å²) in [5.41, 5.74) is 2.00. The number of hydrogen-bond acceptors (Lipinski definition) is 5. The molecule has 3 fully saturated rings. The monoisotopic (exact) mass is 496 g/mol. The molecule has 0 spiro atoms. The van der Waals surface area contributed by atoms with Gasteiger partial charge in [-0.3, -0.25) is 5.01 Å². The number of nitrogens with zero attached hydrogens (tertiary/aromatic N) is 5. The number of hydrazine groups is 1. The van der Waals surface area contributed by atoms with Gasteiger partial charge in [0, 0.05) is 12.2 Å². The highest BCUT2D eigenvalue weighted by Crippen LogP contribution is 2.48. The number of aromatic nitrogens is 3. The molecule has 2 aromatic heterocycles. The van der Waals surface area contributed by atoms with E-state index in [4.69, 9.17) is 15.6 Å². The zero-order valence-corrected chi connectivity index (χ0v) is 20.1. The molecule has 2 aliphatic heterocycles. The lowest BCUT2D eigenvalue weighted by Gasteiger charge is -2.52. The van der Waals surface area contributed by atoms with Gasteiger partial charge in [0.1, 0.15) is 11.5 Å². The minimum atomic E-state index is -4.39. The van der Waals surface area contributed by atoms with Crippen LogP contribution in [0.2, 0.25) is 0 Å². The van der Waals surface area contributed by atoms with Crippen molar-refractivity contribution in [2.24, 2.45) is 10.8 Å². The molecule has 2 N–H and O–H groups in total. The Hall–Kier alpha value is -3.66. The number of halogens is 3. The number of fused-ring (bicyclic) bond motifs is 3. The summed E-state index contributed by atoms with van der Waals surface area (Å²) in [4.78, 5) is 13.7. The predicted molar refractivity (Wildman–Crippen MR) is 131 cm³/mol. The SMILES string of the molecule is C=C(N=C1N(N)C2CCC1(c1ccc(C(F)(F)F)cc1)CC2)c1ccc(-n2cnc(C)c2)c(OC)n1. The lowest BCUT2D eigenvalue weighted by atomic mass is 9.63. The van der Waals surface area contributed by atoms with Crippen molar-refractivity contribution in [1.29, 1.82) is 0 Å². The predicted octanol–water partition coefficient (Wildman–Crippen LogP) is 5.04. The number of piperidine rings is 2. The van der Waals surface area contributed by atoms with Crippen LogP contribution in [0.5, 0.6) is 5.88 Å². The minimum Gasteiger partial charge on any atom is -0.479 e. The molecular formula is C26H27F3N6O. The summed E-state index contributed by atoms with van der Waals surface area (Å²) in [5.74, 6) is 7.49. The number of ether oxygens (including phenoxy) is 1. The number of alkyl halides is 3. The maximum absolute atomic E-state index is 13.2. The molecule has 0 amide bonds. The maximum Gasteiger partial charge on any atom is 0.416 e. The maximum atomic E-state index is 13.2. The molecule has 188 valence electrons. The van der Waals surface area contributed by atoms with Crippen LogP contribution in [0.4, 0.5) is 13.2 Å². The summed E-state index contributed by atoms with van der Waals surface area (Å²) in [7, 11) is 1.54. The van der Waals surface area contributed by atoms with Crippen LogP contribution < -0.4 is 10.6 Å². The number of imidazole rings is 1. The topological polar surface area (TPSA) is 81.6 Å². The molecule has 0 atom stereocenters. The van der Waals surface area contributed by atoms with E-state index in [1.807, 2.05) is 23.8 Å². The Kier molecular flexibility index (Phi) is 5.86.